The Balaban J connectivity index is 2.11. The molecule has 1 rings (SSSR count). The van der Waals surface area contributed by atoms with Crippen LogP contribution >= 0.6 is 0 Å². The molecule has 0 radical (unpaired) electrons. The van der Waals surface area contributed by atoms with Crippen molar-refractivity contribution in [3.8, 4) is 0 Å². The molecule has 100 valence electrons. The summed E-state index contributed by atoms with van der Waals surface area (Å²) in [6.07, 6.45) is 2.36. The van der Waals surface area contributed by atoms with E-state index in [1.165, 1.54) is 6.42 Å². The highest BCUT2D eigenvalue weighted by molar-refractivity contribution is 4.87. The fourth-order valence-electron chi connectivity index (χ4n) is 2.09. The molecule has 17 heavy (non-hydrogen) atoms. The van der Waals surface area contributed by atoms with E-state index in [4.69, 9.17) is 15.2 Å². The maximum atomic E-state index is 5.79. The highest BCUT2D eigenvalue weighted by Crippen LogP contribution is 2.16. The topological polar surface area (TPSA) is 56.5 Å². The maximum Gasteiger partial charge on any atom is 0.0672 e. The molecule has 3 N–H and O–H groups in total. The Morgan fingerprint density at radius 3 is 3.06 bits per heavy atom. The van der Waals surface area contributed by atoms with Gasteiger partial charge in [0.15, 0.2) is 0 Å². The Morgan fingerprint density at radius 2 is 2.47 bits per heavy atom. The zero-order valence-corrected chi connectivity index (χ0v) is 10.9. The largest absolute Gasteiger partial charge is 0.381 e. The van der Waals surface area contributed by atoms with Crippen LogP contribution in [0.4, 0.5) is 0 Å². The summed E-state index contributed by atoms with van der Waals surface area (Å²) in [4.78, 5) is 0. The predicted molar refractivity (Wildman–Crippen MR) is 70.0 cm³/mol. The summed E-state index contributed by atoms with van der Waals surface area (Å²) in [7, 11) is 0. The molecule has 2 atom stereocenters. The first-order valence-electron chi connectivity index (χ1n) is 6.47. The minimum Gasteiger partial charge on any atom is -0.381 e. The number of hydrogen-bond donors (Lipinski definition) is 2. The third kappa shape index (κ3) is 6.17. The Morgan fingerprint density at radius 1 is 1.65 bits per heavy atom. The summed E-state index contributed by atoms with van der Waals surface area (Å²) >= 11 is 0. The number of hydrogen-bond acceptors (Lipinski definition) is 4. The lowest BCUT2D eigenvalue weighted by Crippen LogP contribution is -2.46. The lowest BCUT2D eigenvalue weighted by Gasteiger charge is -2.30. The molecule has 1 aliphatic rings. The van der Waals surface area contributed by atoms with E-state index in [0.29, 0.717) is 31.7 Å². The molecule has 1 heterocycles. The maximum absolute atomic E-state index is 5.79. The van der Waals surface area contributed by atoms with E-state index in [2.05, 4.69) is 11.9 Å². The molecule has 0 amide bonds. The number of nitrogens with two attached hydrogens (primary N) is 1. The first-order chi connectivity index (χ1) is 8.24. The van der Waals surface area contributed by atoms with Crippen molar-refractivity contribution in [2.45, 2.75) is 25.8 Å². The van der Waals surface area contributed by atoms with E-state index in [-0.39, 0.29) is 0 Å². The average Bonchev–Trinajstić information content (AvgIpc) is 2.34. The second-order valence-corrected chi connectivity index (χ2v) is 4.78. The van der Waals surface area contributed by atoms with Gasteiger partial charge in [0.25, 0.3) is 0 Å². The molecule has 4 heteroatoms. The Kier molecular flexibility index (Phi) is 7.44. The molecular weight excluding hydrogens is 216 g/mol. The van der Waals surface area contributed by atoms with Gasteiger partial charge in [-0.15, -0.1) is 0 Å². The van der Waals surface area contributed by atoms with Crippen LogP contribution in [0.5, 0.6) is 0 Å². The van der Waals surface area contributed by atoms with Crippen molar-refractivity contribution in [2.75, 3.05) is 39.5 Å². The number of rotatable bonds is 8. The fraction of sp³-hybridized carbons (Fsp3) is 0.846. The second-order valence-electron chi connectivity index (χ2n) is 4.78. The van der Waals surface area contributed by atoms with Crippen LogP contribution < -0.4 is 11.1 Å². The highest BCUT2D eigenvalue weighted by Gasteiger charge is 2.22. The van der Waals surface area contributed by atoms with Gasteiger partial charge >= 0.3 is 0 Å². The van der Waals surface area contributed by atoms with E-state index < -0.39 is 0 Å². The van der Waals surface area contributed by atoms with E-state index in [1.54, 1.807) is 0 Å². The van der Waals surface area contributed by atoms with Crippen molar-refractivity contribution in [3.63, 3.8) is 0 Å². The summed E-state index contributed by atoms with van der Waals surface area (Å²) in [5.74, 6) is 0.551. The summed E-state index contributed by atoms with van der Waals surface area (Å²) < 4.78 is 10.9. The molecule has 2 unspecified atom stereocenters. The average molecular weight is 242 g/mol. The molecule has 0 spiro atoms. The van der Waals surface area contributed by atoms with Gasteiger partial charge in [-0.05, 0) is 25.7 Å². The van der Waals surface area contributed by atoms with Crippen molar-refractivity contribution < 1.29 is 9.47 Å². The second kappa shape index (κ2) is 8.64. The van der Waals surface area contributed by atoms with Crippen LogP contribution in [0, 0.1) is 5.92 Å². The zero-order valence-electron chi connectivity index (χ0n) is 10.9. The number of ether oxygens (including phenoxy) is 2. The first-order valence-corrected chi connectivity index (χ1v) is 6.47. The van der Waals surface area contributed by atoms with Crippen molar-refractivity contribution in [1.29, 1.82) is 0 Å². The minimum atomic E-state index is 0.351. The summed E-state index contributed by atoms with van der Waals surface area (Å²) in [6, 6.07) is 0.351. The molecule has 0 aromatic rings. The van der Waals surface area contributed by atoms with Gasteiger partial charge in [0.2, 0.25) is 0 Å². The quantitative estimate of drug-likeness (QED) is 0.491. The smallest absolute Gasteiger partial charge is 0.0672 e. The van der Waals surface area contributed by atoms with Gasteiger partial charge in [-0.2, -0.15) is 0 Å². The minimum absolute atomic E-state index is 0.351. The molecule has 1 aliphatic heterocycles. The SMILES string of the molecule is C=C(C)COCCNC(CN)C1CCCOC1. The van der Waals surface area contributed by atoms with Crippen molar-refractivity contribution in [3.05, 3.63) is 12.2 Å². The molecule has 0 aliphatic carbocycles. The molecule has 1 fully saturated rings. The van der Waals surface area contributed by atoms with Gasteiger partial charge in [-0.25, -0.2) is 0 Å². The summed E-state index contributed by atoms with van der Waals surface area (Å²) in [5, 5.41) is 3.45. The molecule has 1 saturated heterocycles. The van der Waals surface area contributed by atoms with Gasteiger partial charge in [0, 0.05) is 25.7 Å². The van der Waals surface area contributed by atoms with E-state index in [1.807, 2.05) is 6.92 Å². The third-order valence-corrected chi connectivity index (χ3v) is 3.02. The fourth-order valence-corrected chi connectivity index (χ4v) is 2.09. The molecule has 0 bridgehead atoms. The van der Waals surface area contributed by atoms with E-state index in [9.17, 15) is 0 Å². The van der Waals surface area contributed by atoms with Gasteiger partial charge < -0.3 is 20.5 Å². The first kappa shape index (κ1) is 14.6. The highest BCUT2D eigenvalue weighted by atomic mass is 16.5. The summed E-state index contributed by atoms with van der Waals surface area (Å²) in [6.45, 7) is 10.3. The van der Waals surface area contributed by atoms with Crippen LogP contribution in [0.15, 0.2) is 12.2 Å². The van der Waals surface area contributed by atoms with Gasteiger partial charge in [-0.3, -0.25) is 0 Å². The van der Waals surface area contributed by atoms with E-state index >= 15 is 0 Å². The normalized spacial score (nSPS) is 22.4. The van der Waals surface area contributed by atoms with Crippen molar-refractivity contribution in [2.24, 2.45) is 11.7 Å². The molecule has 0 aromatic carbocycles. The Labute approximate surface area is 105 Å². The Hall–Kier alpha value is -0.420. The lowest BCUT2D eigenvalue weighted by molar-refractivity contribution is 0.0390. The Bertz CT molecular complexity index is 215. The summed E-state index contributed by atoms with van der Waals surface area (Å²) in [5.41, 5.74) is 6.85. The van der Waals surface area contributed by atoms with Gasteiger partial charge in [0.05, 0.1) is 19.8 Å². The van der Waals surface area contributed by atoms with Crippen molar-refractivity contribution in [1.82, 2.24) is 5.32 Å². The van der Waals surface area contributed by atoms with Gasteiger partial charge in [0.1, 0.15) is 0 Å². The number of nitrogens with one attached hydrogen (secondary N) is 1. The van der Waals surface area contributed by atoms with Crippen LogP contribution in [0.2, 0.25) is 0 Å². The van der Waals surface area contributed by atoms with Gasteiger partial charge in [-0.1, -0.05) is 12.2 Å². The molecule has 0 saturated carbocycles. The van der Waals surface area contributed by atoms with Crippen LogP contribution in [0.3, 0.4) is 0 Å². The molecule has 0 aromatic heterocycles. The third-order valence-electron chi connectivity index (χ3n) is 3.02. The van der Waals surface area contributed by atoms with Crippen LogP contribution in [0.1, 0.15) is 19.8 Å². The van der Waals surface area contributed by atoms with Crippen LogP contribution in [0.25, 0.3) is 0 Å². The van der Waals surface area contributed by atoms with Crippen molar-refractivity contribution >= 4 is 0 Å². The monoisotopic (exact) mass is 242 g/mol. The molecular formula is C13H26N2O2. The zero-order chi connectivity index (χ0) is 12.5. The van der Waals surface area contributed by atoms with Crippen LogP contribution in [-0.2, 0) is 9.47 Å². The van der Waals surface area contributed by atoms with Crippen LogP contribution in [-0.4, -0.2) is 45.6 Å². The lowest BCUT2D eigenvalue weighted by atomic mass is 9.94. The predicted octanol–water partition coefficient (Wildman–Crippen LogP) is 0.923. The molecule has 4 nitrogen and oxygen atoms in total. The standard InChI is InChI=1S/C13H26N2O2/c1-11(2)9-17-7-5-15-13(8-14)12-4-3-6-16-10-12/h12-13,15H,1,3-10,14H2,2H3. The van der Waals surface area contributed by atoms with E-state index in [0.717, 1.165) is 31.8 Å².